The largest absolute Gasteiger partial charge is 0.139 e. The third-order valence-electron chi connectivity index (χ3n) is 6.70. The highest BCUT2D eigenvalue weighted by molar-refractivity contribution is 7.22. The molecule has 0 nitrogen and oxygen atoms in total. The fraction of sp³-hybridized carbons (Fsp3) is 0.692. The van der Waals surface area contributed by atoms with E-state index in [4.69, 9.17) is 0 Å². The second-order valence-electron chi connectivity index (χ2n) is 9.27. The highest BCUT2D eigenvalue weighted by Gasteiger charge is 2.45. The lowest BCUT2D eigenvalue weighted by molar-refractivity contribution is 0.415. The normalized spacial score (nSPS) is 15.8. The molecule has 3 rings (SSSR count). The summed E-state index contributed by atoms with van der Waals surface area (Å²) in [6.45, 7) is 14.2. The lowest BCUT2D eigenvalue weighted by atomic mass is 9.71. The Kier molecular flexibility index (Phi) is 7.48. The molecule has 2 aromatic rings. The van der Waals surface area contributed by atoms with Crippen LogP contribution >= 0.6 is 22.7 Å². The molecule has 2 heteroatoms. The van der Waals surface area contributed by atoms with E-state index < -0.39 is 0 Å². The SMILES string of the molecule is CCCCC(C)c1cc2c(s1)-c1sc(C(C)C)cc1C2(CCCC)CCCC. The molecule has 0 saturated carbocycles. The molecule has 1 atom stereocenters. The zero-order valence-electron chi connectivity index (χ0n) is 19.0. The average molecular weight is 417 g/mol. The van der Waals surface area contributed by atoms with Crippen molar-refractivity contribution in [3.05, 3.63) is 33.0 Å². The molecular weight excluding hydrogens is 376 g/mol. The summed E-state index contributed by atoms with van der Waals surface area (Å²) in [6.07, 6.45) is 11.9. The Morgan fingerprint density at radius 1 is 0.750 bits per heavy atom. The molecule has 0 bridgehead atoms. The van der Waals surface area contributed by atoms with Gasteiger partial charge in [-0.1, -0.05) is 80.1 Å². The molecule has 0 amide bonds. The van der Waals surface area contributed by atoms with Gasteiger partial charge in [-0.3, -0.25) is 0 Å². The van der Waals surface area contributed by atoms with Gasteiger partial charge >= 0.3 is 0 Å². The van der Waals surface area contributed by atoms with Gasteiger partial charge in [0.25, 0.3) is 0 Å². The smallest absolute Gasteiger partial charge is 0.0489 e. The fourth-order valence-corrected chi connectivity index (χ4v) is 7.58. The maximum atomic E-state index is 2.65. The number of unbranched alkanes of at least 4 members (excludes halogenated alkanes) is 3. The van der Waals surface area contributed by atoms with Gasteiger partial charge in [0.1, 0.15) is 0 Å². The summed E-state index contributed by atoms with van der Waals surface area (Å²) in [6, 6.07) is 5.25. The lowest BCUT2D eigenvalue weighted by Crippen LogP contribution is -2.25. The van der Waals surface area contributed by atoms with Crippen molar-refractivity contribution in [2.75, 3.05) is 0 Å². The van der Waals surface area contributed by atoms with Gasteiger partial charge in [-0.15, -0.1) is 22.7 Å². The standard InChI is InChI=1S/C26H40S2/c1-7-10-13-19(6)23-17-21-25(28-23)24-20(16-22(27-24)18(4)5)26(21,14-11-8-2)15-12-9-3/h16-19H,7-15H2,1-6H3. The minimum atomic E-state index is 0.291. The Balaban J connectivity index is 2.10. The Bertz CT molecular complexity index is 753. The van der Waals surface area contributed by atoms with Gasteiger partial charge in [-0.25, -0.2) is 0 Å². The molecule has 1 aliphatic rings. The molecule has 0 spiro atoms. The van der Waals surface area contributed by atoms with Crippen molar-refractivity contribution < 1.29 is 0 Å². The van der Waals surface area contributed by atoms with Gasteiger partial charge in [-0.2, -0.15) is 0 Å². The van der Waals surface area contributed by atoms with Gasteiger partial charge in [-0.05, 0) is 54.4 Å². The van der Waals surface area contributed by atoms with Crippen molar-refractivity contribution in [2.24, 2.45) is 0 Å². The summed E-state index contributed by atoms with van der Waals surface area (Å²) in [5.74, 6) is 1.34. The van der Waals surface area contributed by atoms with Crippen LogP contribution in [0.25, 0.3) is 9.75 Å². The maximum Gasteiger partial charge on any atom is 0.0489 e. The van der Waals surface area contributed by atoms with E-state index in [0.29, 0.717) is 17.3 Å². The summed E-state index contributed by atoms with van der Waals surface area (Å²) >= 11 is 4.22. The van der Waals surface area contributed by atoms with Crippen LogP contribution in [0.3, 0.4) is 0 Å². The first-order valence-corrected chi connectivity index (χ1v) is 13.4. The van der Waals surface area contributed by atoms with Crippen LogP contribution in [-0.4, -0.2) is 0 Å². The number of fused-ring (bicyclic) bond motifs is 3. The summed E-state index contributed by atoms with van der Waals surface area (Å²) in [5.41, 5.74) is 3.69. The molecule has 0 saturated heterocycles. The van der Waals surface area contributed by atoms with Crippen molar-refractivity contribution in [3.8, 4) is 9.75 Å². The van der Waals surface area contributed by atoms with Gasteiger partial charge in [0.05, 0.1) is 0 Å². The van der Waals surface area contributed by atoms with E-state index >= 15 is 0 Å². The minimum absolute atomic E-state index is 0.291. The second-order valence-corrected chi connectivity index (χ2v) is 11.4. The third-order valence-corrected chi connectivity index (χ3v) is 9.67. The predicted octanol–water partition coefficient (Wildman–Crippen LogP) is 9.87. The Labute approximate surface area is 181 Å². The molecule has 2 heterocycles. The topological polar surface area (TPSA) is 0 Å². The van der Waals surface area contributed by atoms with Crippen LogP contribution in [0.1, 0.15) is 132 Å². The van der Waals surface area contributed by atoms with Crippen LogP contribution < -0.4 is 0 Å². The van der Waals surface area contributed by atoms with E-state index in [0.717, 1.165) is 0 Å². The zero-order chi connectivity index (χ0) is 20.3. The van der Waals surface area contributed by atoms with Crippen molar-refractivity contribution in [1.29, 1.82) is 0 Å². The van der Waals surface area contributed by atoms with Gasteiger partial charge in [0.15, 0.2) is 0 Å². The Morgan fingerprint density at radius 3 is 1.75 bits per heavy atom. The number of hydrogen-bond donors (Lipinski definition) is 0. The molecule has 0 aliphatic heterocycles. The van der Waals surface area contributed by atoms with Crippen LogP contribution in [0, 0.1) is 0 Å². The average Bonchev–Trinajstić information content (AvgIpc) is 3.35. The first kappa shape index (κ1) is 22.1. The summed E-state index contributed by atoms with van der Waals surface area (Å²) in [4.78, 5) is 6.49. The van der Waals surface area contributed by atoms with E-state index in [1.54, 1.807) is 30.6 Å². The van der Waals surface area contributed by atoms with Gasteiger partial charge in [0.2, 0.25) is 0 Å². The molecule has 156 valence electrons. The second kappa shape index (κ2) is 9.47. The quantitative estimate of drug-likeness (QED) is 0.342. The zero-order valence-corrected chi connectivity index (χ0v) is 20.6. The summed E-state index contributed by atoms with van der Waals surface area (Å²) in [7, 11) is 0. The highest BCUT2D eigenvalue weighted by Crippen LogP contribution is 2.60. The number of rotatable bonds is 11. The first-order chi connectivity index (χ1) is 13.5. The summed E-state index contributed by atoms with van der Waals surface area (Å²) in [5, 5.41) is 0. The Hall–Kier alpha value is -0.600. The Morgan fingerprint density at radius 2 is 1.25 bits per heavy atom. The van der Waals surface area contributed by atoms with Crippen molar-refractivity contribution in [1.82, 2.24) is 0 Å². The van der Waals surface area contributed by atoms with Crippen molar-refractivity contribution in [3.63, 3.8) is 0 Å². The minimum Gasteiger partial charge on any atom is -0.139 e. The highest BCUT2D eigenvalue weighted by atomic mass is 32.1. The van der Waals surface area contributed by atoms with Crippen molar-refractivity contribution in [2.45, 2.75) is 117 Å². The molecule has 1 unspecified atom stereocenters. The van der Waals surface area contributed by atoms with E-state index in [1.807, 2.05) is 0 Å². The molecule has 28 heavy (non-hydrogen) atoms. The van der Waals surface area contributed by atoms with Gasteiger partial charge in [0, 0.05) is 24.9 Å². The molecule has 0 N–H and O–H groups in total. The third kappa shape index (κ3) is 4.01. The molecule has 0 radical (unpaired) electrons. The predicted molar refractivity (Wildman–Crippen MR) is 129 cm³/mol. The first-order valence-electron chi connectivity index (χ1n) is 11.8. The molecule has 0 aromatic carbocycles. The van der Waals surface area contributed by atoms with E-state index in [-0.39, 0.29) is 0 Å². The fourth-order valence-electron chi connectivity index (χ4n) is 4.81. The van der Waals surface area contributed by atoms with Crippen LogP contribution in [0.2, 0.25) is 0 Å². The number of hydrogen-bond acceptors (Lipinski definition) is 2. The van der Waals surface area contributed by atoms with Crippen LogP contribution in [0.5, 0.6) is 0 Å². The molecular formula is C26H40S2. The van der Waals surface area contributed by atoms with Gasteiger partial charge < -0.3 is 0 Å². The molecule has 2 aromatic heterocycles. The molecule has 0 fully saturated rings. The van der Waals surface area contributed by atoms with Crippen LogP contribution in [-0.2, 0) is 5.41 Å². The van der Waals surface area contributed by atoms with Crippen molar-refractivity contribution >= 4 is 22.7 Å². The maximum absolute atomic E-state index is 2.65. The van der Waals surface area contributed by atoms with Crippen LogP contribution in [0.4, 0.5) is 0 Å². The van der Waals surface area contributed by atoms with E-state index in [9.17, 15) is 0 Å². The van der Waals surface area contributed by atoms with E-state index in [2.05, 4.69) is 76.3 Å². The molecule has 1 aliphatic carbocycles. The number of thiophene rings is 2. The lowest BCUT2D eigenvalue weighted by Gasteiger charge is -2.31. The van der Waals surface area contributed by atoms with Crippen LogP contribution in [0.15, 0.2) is 12.1 Å². The monoisotopic (exact) mass is 416 g/mol. The summed E-state index contributed by atoms with van der Waals surface area (Å²) < 4.78 is 0. The van der Waals surface area contributed by atoms with E-state index in [1.165, 1.54) is 57.8 Å².